The van der Waals surface area contributed by atoms with Gasteiger partial charge in [-0.1, -0.05) is 60.7 Å². The molecule has 22 heavy (non-hydrogen) atoms. The van der Waals surface area contributed by atoms with E-state index in [9.17, 15) is 9.90 Å². The highest BCUT2D eigenvalue weighted by molar-refractivity contribution is 5.93. The van der Waals surface area contributed by atoms with Gasteiger partial charge in [0.2, 0.25) is 0 Å². The van der Waals surface area contributed by atoms with E-state index in [2.05, 4.69) is 0 Å². The first-order valence-corrected chi connectivity index (χ1v) is 7.13. The molecule has 0 atom stereocenters. The topological polar surface area (TPSA) is 46.5 Å². The molecule has 0 spiro atoms. The maximum Gasteiger partial charge on any atom is 0.310 e. The van der Waals surface area contributed by atoms with Crippen LogP contribution in [0.1, 0.15) is 11.1 Å². The molecule has 0 saturated heterocycles. The highest BCUT2D eigenvalue weighted by Crippen LogP contribution is 2.27. The molecule has 3 nitrogen and oxygen atoms in total. The Morgan fingerprint density at radius 1 is 0.864 bits per heavy atom. The third kappa shape index (κ3) is 3.09. The van der Waals surface area contributed by atoms with Gasteiger partial charge in [0.15, 0.2) is 0 Å². The summed E-state index contributed by atoms with van der Waals surface area (Å²) in [6.45, 7) is 0.274. The summed E-state index contributed by atoms with van der Waals surface area (Å²) in [5.41, 5.74) is 1.82. The van der Waals surface area contributed by atoms with E-state index in [1.807, 2.05) is 54.6 Å². The molecule has 0 bridgehead atoms. The molecule has 0 aliphatic heterocycles. The Hall–Kier alpha value is -2.81. The van der Waals surface area contributed by atoms with Gasteiger partial charge in [0.05, 0.1) is 6.42 Å². The van der Waals surface area contributed by atoms with Crippen LogP contribution in [-0.2, 0) is 22.6 Å². The lowest BCUT2D eigenvalue weighted by Gasteiger charge is -2.09. The number of hydrogen-bond donors (Lipinski definition) is 1. The van der Waals surface area contributed by atoms with Gasteiger partial charge < -0.3 is 9.84 Å². The number of ether oxygens (including phenoxy) is 1. The number of benzene rings is 3. The number of rotatable bonds is 4. The Morgan fingerprint density at radius 2 is 1.55 bits per heavy atom. The number of fused-ring (bicyclic) bond motifs is 1. The molecule has 0 fully saturated rings. The second-order valence-corrected chi connectivity index (χ2v) is 5.11. The Kier molecular flexibility index (Phi) is 4.05. The number of phenolic OH excluding ortho intramolecular Hbond substituents is 1. The lowest BCUT2D eigenvalue weighted by Crippen LogP contribution is -2.08. The van der Waals surface area contributed by atoms with E-state index in [1.165, 1.54) is 0 Å². The molecule has 0 radical (unpaired) electrons. The molecule has 0 heterocycles. The zero-order chi connectivity index (χ0) is 15.4. The van der Waals surface area contributed by atoms with Crippen LogP contribution in [0.5, 0.6) is 5.75 Å². The van der Waals surface area contributed by atoms with Crippen LogP contribution in [0.2, 0.25) is 0 Å². The van der Waals surface area contributed by atoms with E-state index < -0.39 is 0 Å². The van der Waals surface area contributed by atoms with Crippen molar-refractivity contribution in [1.29, 1.82) is 0 Å². The van der Waals surface area contributed by atoms with Gasteiger partial charge in [-0.3, -0.25) is 4.79 Å². The fourth-order valence-electron chi connectivity index (χ4n) is 2.44. The summed E-state index contributed by atoms with van der Waals surface area (Å²) in [6.07, 6.45) is 0.188. The van der Waals surface area contributed by atoms with Crippen LogP contribution in [0.4, 0.5) is 0 Å². The van der Waals surface area contributed by atoms with Crippen LogP contribution in [-0.4, -0.2) is 11.1 Å². The third-order valence-electron chi connectivity index (χ3n) is 3.57. The van der Waals surface area contributed by atoms with Crippen molar-refractivity contribution in [3.05, 3.63) is 77.9 Å². The minimum Gasteiger partial charge on any atom is -0.507 e. The van der Waals surface area contributed by atoms with Gasteiger partial charge in [0, 0.05) is 5.39 Å². The fourth-order valence-corrected chi connectivity index (χ4v) is 2.44. The van der Waals surface area contributed by atoms with E-state index in [0.29, 0.717) is 0 Å². The van der Waals surface area contributed by atoms with E-state index in [1.54, 1.807) is 12.1 Å². The number of hydrogen-bond acceptors (Lipinski definition) is 3. The first-order valence-electron chi connectivity index (χ1n) is 7.13. The molecule has 3 aromatic carbocycles. The summed E-state index contributed by atoms with van der Waals surface area (Å²) < 4.78 is 5.31. The average molecular weight is 292 g/mol. The van der Waals surface area contributed by atoms with Crippen molar-refractivity contribution < 1.29 is 14.6 Å². The molecule has 0 aliphatic carbocycles. The van der Waals surface area contributed by atoms with Crippen LogP contribution < -0.4 is 0 Å². The monoisotopic (exact) mass is 292 g/mol. The largest absolute Gasteiger partial charge is 0.507 e. The summed E-state index contributed by atoms with van der Waals surface area (Å²) in [5.74, 6) is -0.0586. The SMILES string of the molecule is O=C(Cc1ccc(O)c2ccccc12)OCc1ccccc1. The van der Waals surface area contributed by atoms with Crippen molar-refractivity contribution in [2.75, 3.05) is 0 Å². The normalized spacial score (nSPS) is 10.5. The van der Waals surface area contributed by atoms with Gasteiger partial charge in [0.1, 0.15) is 12.4 Å². The molecule has 3 aromatic rings. The molecular formula is C19H16O3. The minimum absolute atomic E-state index is 0.188. The number of carbonyl (C=O) groups is 1. The van der Waals surface area contributed by atoms with Crippen molar-refractivity contribution in [2.24, 2.45) is 0 Å². The van der Waals surface area contributed by atoms with Gasteiger partial charge >= 0.3 is 5.97 Å². The van der Waals surface area contributed by atoms with Gasteiger partial charge in [0.25, 0.3) is 0 Å². The molecule has 3 heteroatoms. The predicted molar refractivity (Wildman–Crippen MR) is 85.6 cm³/mol. The summed E-state index contributed by atoms with van der Waals surface area (Å²) in [4.78, 5) is 12.0. The molecule has 0 unspecified atom stereocenters. The number of carbonyl (C=O) groups excluding carboxylic acids is 1. The number of aromatic hydroxyl groups is 1. The molecule has 3 rings (SSSR count). The minimum atomic E-state index is -0.278. The second kappa shape index (κ2) is 6.31. The molecule has 0 aromatic heterocycles. The second-order valence-electron chi connectivity index (χ2n) is 5.11. The molecule has 1 N–H and O–H groups in total. The Labute approximate surface area is 128 Å². The fraction of sp³-hybridized carbons (Fsp3) is 0.105. The first-order chi connectivity index (χ1) is 10.7. The molecule has 0 aliphatic rings. The van der Waals surface area contributed by atoms with Crippen LogP contribution in [0.15, 0.2) is 66.7 Å². The van der Waals surface area contributed by atoms with E-state index in [0.717, 1.165) is 21.9 Å². The van der Waals surface area contributed by atoms with E-state index >= 15 is 0 Å². The zero-order valence-electron chi connectivity index (χ0n) is 12.0. The van der Waals surface area contributed by atoms with Crippen molar-refractivity contribution >= 4 is 16.7 Å². The van der Waals surface area contributed by atoms with Crippen LogP contribution in [0, 0.1) is 0 Å². The average Bonchev–Trinajstić information content (AvgIpc) is 2.57. The van der Waals surface area contributed by atoms with Gasteiger partial charge in [-0.05, 0) is 22.6 Å². The molecular weight excluding hydrogens is 276 g/mol. The standard InChI is InChI=1S/C19H16O3/c20-18-11-10-15(16-8-4-5-9-17(16)18)12-19(21)22-13-14-6-2-1-3-7-14/h1-11,20H,12-13H2. The van der Waals surface area contributed by atoms with Crippen LogP contribution >= 0.6 is 0 Å². The lowest BCUT2D eigenvalue weighted by atomic mass is 10.0. The van der Waals surface area contributed by atoms with Crippen molar-refractivity contribution in [3.8, 4) is 5.75 Å². The Morgan fingerprint density at radius 3 is 2.32 bits per heavy atom. The lowest BCUT2D eigenvalue weighted by molar-refractivity contribution is -0.144. The van der Waals surface area contributed by atoms with Crippen molar-refractivity contribution in [3.63, 3.8) is 0 Å². The van der Waals surface area contributed by atoms with E-state index in [4.69, 9.17) is 4.74 Å². The zero-order valence-corrected chi connectivity index (χ0v) is 12.0. The molecule has 110 valence electrons. The first kappa shape index (κ1) is 14.1. The number of phenols is 1. The van der Waals surface area contributed by atoms with Gasteiger partial charge in [-0.25, -0.2) is 0 Å². The van der Waals surface area contributed by atoms with E-state index in [-0.39, 0.29) is 24.7 Å². The highest BCUT2D eigenvalue weighted by Gasteiger charge is 2.10. The summed E-state index contributed by atoms with van der Waals surface area (Å²) in [6, 6.07) is 20.5. The highest BCUT2D eigenvalue weighted by atomic mass is 16.5. The Bertz CT molecular complexity index is 794. The number of esters is 1. The third-order valence-corrected chi connectivity index (χ3v) is 3.57. The maximum atomic E-state index is 12.0. The quantitative estimate of drug-likeness (QED) is 0.743. The summed E-state index contributed by atoms with van der Waals surface area (Å²) in [7, 11) is 0. The van der Waals surface area contributed by atoms with Gasteiger partial charge in [-0.15, -0.1) is 0 Å². The smallest absolute Gasteiger partial charge is 0.310 e. The van der Waals surface area contributed by atoms with Gasteiger partial charge in [-0.2, -0.15) is 0 Å². The molecule has 0 saturated carbocycles. The maximum absolute atomic E-state index is 12.0. The van der Waals surface area contributed by atoms with Crippen LogP contribution in [0.3, 0.4) is 0 Å². The van der Waals surface area contributed by atoms with Crippen molar-refractivity contribution in [2.45, 2.75) is 13.0 Å². The summed E-state index contributed by atoms with van der Waals surface area (Å²) in [5, 5.41) is 11.5. The summed E-state index contributed by atoms with van der Waals surface area (Å²) >= 11 is 0. The predicted octanol–water partition coefficient (Wildman–Crippen LogP) is 3.83. The van der Waals surface area contributed by atoms with Crippen molar-refractivity contribution in [1.82, 2.24) is 0 Å². The Balaban J connectivity index is 1.73. The van der Waals surface area contributed by atoms with Crippen LogP contribution in [0.25, 0.3) is 10.8 Å². The molecule has 0 amide bonds.